The molecule has 2 saturated heterocycles. The van der Waals surface area contributed by atoms with Gasteiger partial charge in [-0.2, -0.15) is 0 Å². The second-order valence-electron chi connectivity index (χ2n) is 7.07. The Morgan fingerprint density at radius 1 is 1.17 bits per heavy atom. The number of piperidine rings is 1. The van der Waals surface area contributed by atoms with E-state index in [9.17, 15) is 9.18 Å². The minimum Gasteiger partial charge on any atom is -0.334 e. The summed E-state index contributed by atoms with van der Waals surface area (Å²) >= 11 is 0. The van der Waals surface area contributed by atoms with Crippen molar-refractivity contribution in [3.05, 3.63) is 35.6 Å². The average molecular weight is 321 g/mol. The first-order valence-corrected chi connectivity index (χ1v) is 8.80. The molecule has 4 nitrogen and oxygen atoms in total. The fourth-order valence-electron chi connectivity index (χ4n) is 3.73. The second-order valence-corrected chi connectivity index (χ2v) is 7.07. The van der Waals surface area contributed by atoms with Gasteiger partial charge >= 0.3 is 0 Å². The maximum atomic E-state index is 13.7. The summed E-state index contributed by atoms with van der Waals surface area (Å²) in [7, 11) is 2.19. The number of likely N-dealkylation sites (N-methyl/N-ethyl adjacent to an activating group) is 1. The smallest absolute Gasteiger partial charge is 0.226 e. The van der Waals surface area contributed by atoms with Crippen LogP contribution in [0.3, 0.4) is 0 Å². The topological polar surface area (TPSA) is 29.2 Å². The number of hydrogen-bond acceptors (Lipinski definition) is 1. The van der Waals surface area contributed by atoms with Gasteiger partial charge in [-0.15, -0.1) is 0 Å². The zero-order valence-corrected chi connectivity index (χ0v) is 14.0. The highest BCUT2D eigenvalue weighted by Crippen LogP contribution is 2.14. The molecule has 2 aliphatic heterocycles. The molecule has 2 heterocycles. The maximum Gasteiger partial charge on any atom is 0.226 e. The molecule has 3 rings (SSSR count). The number of hydrogen-bond donors (Lipinski definition) is 2. The van der Waals surface area contributed by atoms with Gasteiger partial charge in [-0.1, -0.05) is 18.2 Å². The number of nitrogens with zero attached hydrogens (tertiary/aromatic N) is 1. The second kappa shape index (κ2) is 7.41. The van der Waals surface area contributed by atoms with Gasteiger partial charge in [0.1, 0.15) is 12.4 Å². The van der Waals surface area contributed by atoms with Crippen molar-refractivity contribution in [2.24, 2.45) is 5.92 Å². The molecular weight excluding hydrogens is 293 g/mol. The number of benzene rings is 1. The van der Waals surface area contributed by atoms with E-state index in [0.29, 0.717) is 5.91 Å². The normalized spacial score (nSPS) is 26.3. The average Bonchev–Trinajstić information content (AvgIpc) is 2.58. The van der Waals surface area contributed by atoms with Gasteiger partial charge in [0, 0.05) is 24.3 Å². The van der Waals surface area contributed by atoms with Crippen LogP contribution in [-0.4, -0.2) is 57.1 Å². The molecular formula is C18H28FN3O+2. The maximum absolute atomic E-state index is 13.7. The molecule has 23 heavy (non-hydrogen) atoms. The number of halogens is 1. The van der Waals surface area contributed by atoms with Crippen molar-refractivity contribution in [2.45, 2.75) is 19.4 Å². The fourth-order valence-corrected chi connectivity index (χ4v) is 3.73. The van der Waals surface area contributed by atoms with Crippen LogP contribution in [0.4, 0.5) is 4.39 Å². The number of carbonyl (C=O) groups is 1. The van der Waals surface area contributed by atoms with Gasteiger partial charge in [-0.05, 0) is 6.07 Å². The minimum atomic E-state index is -0.113. The first-order valence-electron chi connectivity index (χ1n) is 8.80. The van der Waals surface area contributed by atoms with Crippen molar-refractivity contribution in [3.63, 3.8) is 0 Å². The van der Waals surface area contributed by atoms with E-state index in [1.54, 1.807) is 6.07 Å². The van der Waals surface area contributed by atoms with Crippen LogP contribution < -0.4 is 9.80 Å². The van der Waals surface area contributed by atoms with E-state index < -0.39 is 0 Å². The van der Waals surface area contributed by atoms with Gasteiger partial charge in [-0.25, -0.2) is 4.39 Å². The van der Waals surface area contributed by atoms with Crippen LogP contribution in [0.15, 0.2) is 24.3 Å². The molecule has 0 spiro atoms. The molecule has 1 amide bonds. The van der Waals surface area contributed by atoms with E-state index >= 15 is 0 Å². The quantitative estimate of drug-likeness (QED) is 0.733. The predicted octanol–water partition coefficient (Wildman–Crippen LogP) is -1.02. The van der Waals surface area contributed by atoms with E-state index in [1.165, 1.54) is 15.9 Å². The molecule has 0 saturated carbocycles. The van der Waals surface area contributed by atoms with Crippen molar-refractivity contribution in [1.29, 1.82) is 0 Å². The molecule has 5 heteroatoms. The third-order valence-corrected chi connectivity index (χ3v) is 5.37. The summed E-state index contributed by atoms with van der Waals surface area (Å²) in [5, 5.41) is 0. The van der Waals surface area contributed by atoms with Crippen molar-refractivity contribution < 1.29 is 19.0 Å². The highest BCUT2D eigenvalue weighted by atomic mass is 19.1. The first-order chi connectivity index (χ1) is 11.1. The van der Waals surface area contributed by atoms with E-state index in [2.05, 4.69) is 11.9 Å². The van der Waals surface area contributed by atoms with Gasteiger partial charge < -0.3 is 14.7 Å². The zero-order valence-electron chi connectivity index (χ0n) is 14.0. The summed E-state index contributed by atoms with van der Waals surface area (Å²) in [6, 6.07) is 7.02. The summed E-state index contributed by atoms with van der Waals surface area (Å²) < 4.78 is 13.7. The summed E-state index contributed by atoms with van der Waals surface area (Å²) in [5.74, 6) is 0.415. The van der Waals surface area contributed by atoms with Crippen molar-refractivity contribution >= 4 is 5.91 Å². The van der Waals surface area contributed by atoms with Crippen LogP contribution >= 0.6 is 0 Å². The first kappa shape index (κ1) is 16.4. The summed E-state index contributed by atoms with van der Waals surface area (Å²) in [5.41, 5.74) is 0.786. The van der Waals surface area contributed by atoms with Crippen LogP contribution in [0.1, 0.15) is 18.4 Å². The SMILES string of the molecule is C[NH+]1CCN(C(=O)C2CC[NH+](Cc3ccccc3F)CC2)CC1. The molecule has 2 N–H and O–H groups in total. The lowest BCUT2D eigenvalue weighted by Gasteiger charge is -2.35. The highest BCUT2D eigenvalue weighted by molar-refractivity contribution is 5.79. The van der Waals surface area contributed by atoms with Gasteiger partial charge in [0.25, 0.3) is 0 Å². The van der Waals surface area contributed by atoms with Crippen molar-refractivity contribution in [3.8, 4) is 0 Å². The Labute approximate surface area is 137 Å². The number of piperazine rings is 1. The van der Waals surface area contributed by atoms with Gasteiger partial charge in [0.2, 0.25) is 5.91 Å². The lowest BCUT2D eigenvalue weighted by Crippen LogP contribution is -3.12. The molecule has 126 valence electrons. The molecule has 0 bridgehead atoms. The van der Waals surface area contributed by atoms with Gasteiger partial charge in [0.15, 0.2) is 0 Å². The van der Waals surface area contributed by atoms with Crippen LogP contribution in [0, 0.1) is 11.7 Å². The lowest BCUT2D eigenvalue weighted by molar-refractivity contribution is -0.919. The Balaban J connectivity index is 1.48. The molecule has 0 unspecified atom stereocenters. The molecule has 0 radical (unpaired) electrons. The zero-order chi connectivity index (χ0) is 16.2. The molecule has 2 fully saturated rings. The molecule has 0 aliphatic carbocycles. The van der Waals surface area contributed by atoms with E-state index in [-0.39, 0.29) is 11.7 Å². The Morgan fingerprint density at radius 2 is 1.83 bits per heavy atom. The summed E-state index contributed by atoms with van der Waals surface area (Å²) in [4.78, 5) is 17.6. The van der Waals surface area contributed by atoms with Crippen molar-refractivity contribution in [1.82, 2.24) is 4.90 Å². The van der Waals surface area contributed by atoms with E-state index in [1.807, 2.05) is 12.1 Å². The standard InChI is InChI=1S/C18H26FN3O/c1-20-10-12-22(13-11-20)18(23)15-6-8-21(9-7-15)14-16-4-2-3-5-17(16)19/h2-5,15H,6-14H2,1H3/p+2. The van der Waals surface area contributed by atoms with Gasteiger partial charge in [0.05, 0.1) is 46.3 Å². The Hall–Kier alpha value is -1.46. The molecule has 1 aromatic rings. The fraction of sp³-hybridized carbons (Fsp3) is 0.611. The third-order valence-electron chi connectivity index (χ3n) is 5.37. The van der Waals surface area contributed by atoms with Crippen molar-refractivity contribution in [2.75, 3.05) is 46.3 Å². The van der Waals surface area contributed by atoms with Crippen LogP contribution in [-0.2, 0) is 11.3 Å². The Kier molecular flexibility index (Phi) is 5.28. The van der Waals surface area contributed by atoms with Crippen LogP contribution in [0.25, 0.3) is 0 Å². The number of carbonyl (C=O) groups excluding carboxylic acids is 1. The number of likely N-dealkylation sites (tertiary alicyclic amines) is 1. The summed E-state index contributed by atoms with van der Waals surface area (Å²) in [6.07, 6.45) is 1.86. The molecule has 0 atom stereocenters. The number of quaternary nitrogens is 2. The van der Waals surface area contributed by atoms with Crippen LogP contribution in [0.5, 0.6) is 0 Å². The van der Waals surface area contributed by atoms with E-state index in [0.717, 1.165) is 64.2 Å². The molecule has 0 aromatic heterocycles. The monoisotopic (exact) mass is 321 g/mol. The molecule has 1 aromatic carbocycles. The third kappa shape index (κ3) is 4.09. The lowest BCUT2D eigenvalue weighted by atomic mass is 9.94. The number of nitrogens with one attached hydrogen (secondary N) is 2. The number of amides is 1. The number of rotatable bonds is 3. The largest absolute Gasteiger partial charge is 0.334 e. The predicted molar refractivity (Wildman–Crippen MR) is 86.7 cm³/mol. The molecule has 2 aliphatic rings. The van der Waals surface area contributed by atoms with Gasteiger partial charge in [-0.3, -0.25) is 4.79 Å². The van der Waals surface area contributed by atoms with Crippen LogP contribution in [0.2, 0.25) is 0 Å². The summed E-state index contributed by atoms with van der Waals surface area (Å²) in [6.45, 7) is 6.56. The highest BCUT2D eigenvalue weighted by Gasteiger charge is 2.32. The Bertz CT molecular complexity index is 535. The Morgan fingerprint density at radius 3 is 2.48 bits per heavy atom. The van der Waals surface area contributed by atoms with E-state index in [4.69, 9.17) is 0 Å². The minimum absolute atomic E-state index is 0.113.